The molecule has 0 unspecified atom stereocenters. The number of H-pyrrole nitrogens is 1. The van der Waals surface area contributed by atoms with Gasteiger partial charge in [-0.15, -0.1) is 0 Å². The molecule has 1 saturated carbocycles. The lowest BCUT2D eigenvalue weighted by molar-refractivity contribution is 0.0950. The van der Waals surface area contributed by atoms with E-state index in [2.05, 4.69) is 20.7 Å². The number of carbonyl (C=O) groups is 1. The van der Waals surface area contributed by atoms with E-state index in [0.29, 0.717) is 11.6 Å². The minimum atomic E-state index is -0.322. The van der Waals surface area contributed by atoms with Crippen molar-refractivity contribution in [2.24, 2.45) is 5.10 Å². The van der Waals surface area contributed by atoms with Crippen LogP contribution in [0.25, 0.3) is 0 Å². The Morgan fingerprint density at radius 2 is 2.33 bits per heavy atom. The number of nitrogens with zero attached hydrogens (tertiary/aromatic N) is 2. The van der Waals surface area contributed by atoms with Crippen LogP contribution in [0.15, 0.2) is 35.4 Å². The molecule has 0 saturated heterocycles. The van der Waals surface area contributed by atoms with Crippen LogP contribution in [0.3, 0.4) is 0 Å². The van der Waals surface area contributed by atoms with Crippen molar-refractivity contribution in [2.45, 2.75) is 18.8 Å². The number of hydrogen-bond donors (Lipinski definition) is 2. The Labute approximate surface area is 122 Å². The van der Waals surface area contributed by atoms with E-state index in [1.54, 1.807) is 19.4 Å². The normalized spacial score (nSPS) is 14.3. The van der Waals surface area contributed by atoms with Gasteiger partial charge in [-0.1, -0.05) is 12.1 Å². The summed E-state index contributed by atoms with van der Waals surface area (Å²) in [5.41, 5.74) is 4.69. The lowest BCUT2D eigenvalue weighted by Crippen LogP contribution is -2.18. The number of benzene rings is 1. The molecule has 1 aliphatic carbocycles. The van der Waals surface area contributed by atoms with Gasteiger partial charge in [-0.3, -0.25) is 9.89 Å². The smallest absolute Gasteiger partial charge is 0.291 e. The number of aromatic nitrogens is 2. The van der Waals surface area contributed by atoms with Crippen molar-refractivity contribution < 1.29 is 9.53 Å². The number of hydrogen-bond acceptors (Lipinski definition) is 4. The van der Waals surface area contributed by atoms with Crippen LogP contribution in [-0.4, -0.2) is 29.4 Å². The third-order valence-electron chi connectivity index (χ3n) is 3.32. The van der Waals surface area contributed by atoms with Crippen LogP contribution in [0, 0.1) is 0 Å². The first-order valence-electron chi connectivity index (χ1n) is 6.79. The summed E-state index contributed by atoms with van der Waals surface area (Å²) in [7, 11) is 1.60. The van der Waals surface area contributed by atoms with Crippen LogP contribution >= 0.6 is 0 Å². The van der Waals surface area contributed by atoms with Crippen LogP contribution in [0.5, 0.6) is 5.75 Å². The number of amides is 1. The summed E-state index contributed by atoms with van der Waals surface area (Å²) in [4.78, 5) is 11.9. The van der Waals surface area contributed by atoms with Gasteiger partial charge >= 0.3 is 0 Å². The van der Waals surface area contributed by atoms with Crippen molar-refractivity contribution in [1.29, 1.82) is 0 Å². The second-order valence-corrected chi connectivity index (χ2v) is 4.96. The second kappa shape index (κ2) is 5.78. The molecule has 108 valence electrons. The Morgan fingerprint density at radius 1 is 1.48 bits per heavy atom. The molecule has 0 aliphatic heterocycles. The Balaban J connectivity index is 1.60. The van der Waals surface area contributed by atoms with Gasteiger partial charge in [-0.2, -0.15) is 10.2 Å². The van der Waals surface area contributed by atoms with Gasteiger partial charge < -0.3 is 4.74 Å². The number of nitrogens with one attached hydrogen (secondary N) is 2. The molecule has 1 aliphatic rings. The van der Waals surface area contributed by atoms with E-state index in [9.17, 15) is 4.79 Å². The molecule has 1 aromatic carbocycles. The molecule has 0 spiro atoms. The average molecular weight is 284 g/mol. The molecule has 3 rings (SSSR count). The number of rotatable bonds is 5. The predicted octanol–water partition coefficient (Wildman–Crippen LogP) is 2.06. The summed E-state index contributed by atoms with van der Waals surface area (Å²) in [5.74, 6) is 0.961. The van der Waals surface area contributed by atoms with Gasteiger partial charge in [-0.05, 0) is 36.6 Å². The Morgan fingerprint density at radius 3 is 3.10 bits per heavy atom. The number of aromatic amines is 1. The predicted molar refractivity (Wildman–Crippen MR) is 78.6 cm³/mol. The highest BCUT2D eigenvalue weighted by molar-refractivity contribution is 5.93. The maximum absolute atomic E-state index is 11.9. The van der Waals surface area contributed by atoms with E-state index in [1.807, 2.05) is 24.3 Å². The van der Waals surface area contributed by atoms with Gasteiger partial charge in [0.2, 0.25) is 0 Å². The van der Waals surface area contributed by atoms with Gasteiger partial charge in [0.15, 0.2) is 5.69 Å². The fourth-order valence-electron chi connectivity index (χ4n) is 2.00. The molecule has 21 heavy (non-hydrogen) atoms. The largest absolute Gasteiger partial charge is 0.497 e. The van der Waals surface area contributed by atoms with Crippen LogP contribution in [0.4, 0.5) is 0 Å². The maximum Gasteiger partial charge on any atom is 0.291 e. The van der Waals surface area contributed by atoms with Gasteiger partial charge in [0.1, 0.15) is 5.75 Å². The monoisotopic (exact) mass is 284 g/mol. The molecule has 1 heterocycles. The zero-order valence-electron chi connectivity index (χ0n) is 11.7. The molecule has 6 nitrogen and oxygen atoms in total. The zero-order chi connectivity index (χ0) is 14.7. The zero-order valence-corrected chi connectivity index (χ0v) is 11.7. The Kier molecular flexibility index (Phi) is 3.68. The van der Waals surface area contributed by atoms with Crippen molar-refractivity contribution >= 4 is 12.1 Å². The molecule has 0 radical (unpaired) electrons. The summed E-state index contributed by atoms with van der Waals surface area (Å²) in [6.07, 6.45) is 3.89. The molecule has 0 atom stereocenters. The standard InChI is InChI=1S/C15H16N4O2/c1-21-12-4-2-3-10(7-12)9-16-19-15(20)14-8-13(17-18-14)11-5-6-11/h2-4,7-9,11H,5-6H2,1H3,(H,17,18)(H,19,20)/b16-9+. The molecular weight excluding hydrogens is 268 g/mol. The molecule has 0 bridgehead atoms. The topological polar surface area (TPSA) is 79.4 Å². The van der Waals surface area contributed by atoms with E-state index in [0.717, 1.165) is 29.8 Å². The van der Waals surface area contributed by atoms with Crippen molar-refractivity contribution in [1.82, 2.24) is 15.6 Å². The summed E-state index contributed by atoms with van der Waals surface area (Å²) >= 11 is 0. The van der Waals surface area contributed by atoms with E-state index in [4.69, 9.17) is 4.74 Å². The first-order chi connectivity index (χ1) is 10.3. The first-order valence-corrected chi connectivity index (χ1v) is 6.79. The molecule has 2 N–H and O–H groups in total. The summed E-state index contributed by atoms with van der Waals surface area (Å²) < 4.78 is 5.12. The number of carbonyl (C=O) groups excluding carboxylic acids is 1. The lowest BCUT2D eigenvalue weighted by Gasteiger charge is -1.99. The van der Waals surface area contributed by atoms with Crippen molar-refractivity contribution in [2.75, 3.05) is 7.11 Å². The molecule has 1 aromatic heterocycles. The van der Waals surface area contributed by atoms with Gasteiger partial charge in [0.05, 0.1) is 13.3 Å². The molecule has 1 fully saturated rings. The average Bonchev–Trinajstić information content (AvgIpc) is 3.24. The third-order valence-corrected chi connectivity index (χ3v) is 3.32. The van der Waals surface area contributed by atoms with Crippen molar-refractivity contribution in [3.8, 4) is 5.75 Å². The van der Waals surface area contributed by atoms with Crippen LogP contribution in [0.1, 0.15) is 40.5 Å². The van der Waals surface area contributed by atoms with Gasteiger partial charge in [0, 0.05) is 11.6 Å². The minimum absolute atomic E-state index is 0.322. The first kappa shape index (κ1) is 13.4. The fourth-order valence-corrected chi connectivity index (χ4v) is 2.00. The lowest BCUT2D eigenvalue weighted by atomic mass is 10.2. The summed E-state index contributed by atoms with van der Waals surface area (Å²) in [6.45, 7) is 0. The van der Waals surface area contributed by atoms with Crippen LogP contribution in [0.2, 0.25) is 0 Å². The number of hydrazone groups is 1. The Bertz CT molecular complexity index is 674. The van der Waals surface area contributed by atoms with Crippen molar-refractivity contribution in [3.63, 3.8) is 0 Å². The molecule has 6 heteroatoms. The van der Waals surface area contributed by atoms with E-state index >= 15 is 0 Å². The molecular formula is C15H16N4O2. The van der Waals surface area contributed by atoms with E-state index in [-0.39, 0.29) is 5.91 Å². The highest BCUT2D eigenvalue weighted by atomic mass is 16.5. The highest BCUT2D eigenvalue weighted by Crippen LogP contribution is 2.38. The quantitative estimate of drug-likeness (QED) is 0.651. The van der Waals surface area contributed by atoms with Crippen LogP contribution in [-0.2, 0) is 0 Å². The van der Waals surface area contributed by atoms with Crippen LogP contribution < -0.4 is 10.2 Å². The van der Waals surface area contributed by atoms with Gasteiger partial charge in [0.25, 0.3) is 5.91 Å². The molecule has 1 amide bonds. The van der Waals surface area contributed by atoms with E-state index in [1.165, 1.54) is 0 Å². The maximum atomic E-state index is 11.9. The SMILES string of the molecule is COc1cccc(/C=N/NC(=O)c2cc(C3CC3)[nH]n2)c1. The van der Waals surface area contributed by atoms with E-state index < -0.39 is 0 Å². The molecule has 2 aromatic rings. The van der Waals surface area contributed by atoms with Crippen molar-refractivity contribution in [3.05, 3.63) is 47.3 Å². The minimum Gasteiger partial charge on any atom is -0.497 e. The number of ether oxygens (including phenoxy) is 1. The number of methoxy groups -OCH3 is 1. The Hall–Kier alpha value is -2.63. The third kappa shape index (κ3) is 3.28. The second-order valence-electron chi connectivity index (χ2n) is 4.96. The fraction of sp³-hybridized carbons (Fsp3) is 0.267. The van der Waals surface area contributed by atoms with Gasteiger partial charge in [-0.25, -0.2) is 5.43 Å². The summed E-state index contributed by atoms with van der Waals surface area (Å²) in [5, 5.41) is 10.8. The highest BCUT2D eigenvalue weighted by Gasteiger charge is 2.26. The summed E-state index contributed by atoms with van der Waals surface area (Å²) in [6, 6.07) is 9.19.